The molecule has 1 atom stereocenters. The van der Waals surface area contributed by atoms with Crippen molar-refractivity contribution in [1.82, 2.24) is 0 Å². The average Bonchev–Trinajstić information content (AvgIpc) is 2.18. The van der Waals surface area contributed by atoms with E-state index < -0.39 is 0 Å². The first-order valence-corrected chi connectivity index (χ1v) is 5.23. The van der Waals surface area contributed by atoms with Crippen molar-refractivity contribution in [1.29, 1.82) is 0 Å². The van der Waals surface area contributed by atoms with Gasteiger partial charge in [-0.25, -0.2) is 4.39 Å². The fraction of sp³-hybridized carbons (Fsp3) is 0.500. The van der Waals surface area contributed by atoms with Crippen LogP contribution >= 0.6 is 0 Å². The van der Waals surface area contributed by atoms with Gasteiger partial charge in [0.25, 0.3) is 0 Å². The van der Waals surface area contributed by atoms with Gasteiger partial charge in [-0.3, -0.25) is 0 Å². The lowest BCUT2D eigenvalue weighted by molar-refractivity contribution is 0.493. The number of benzene rings is 1. The Hall–Kier alpha value is -1.09. The van der Waals surface area contributed by atoms with Crippen LogP contribution < -0.4 is 10.6 Å². The predicted octanol–water partition coefficient (Wildman–Crippen LogP) is 2.25. The number of nitrogens with two attached hydrogens (primary N) is 1. The van der Waals surface area contributed by atoms with Gasteiger partial charge in [0.2, 0.25) is 0 Å². The zero-order valence-electron chi connectivity index (χ0n) is 9.57. The second-order valence-corrected chi connectivity index (χ2v) is 4.26. The summed E-state index contributed by atoms with van der Waals surface area (Å²) in [6, 6.07) is 6.60. The minimum atomic E-state index is -0.208. The lowest BCUT2D eigenvalue weighted by Gasteiger charge is -2.25. The normalized spacial score (nSPS) is 12.9. The van der Waals surface area contributed by atoms with Crippen molar-refractivity contribution in [2.45, 2.75) is 19.9 Å². The van der Waals surface area contributed by atoms with Crippen LogP contribution in [-0.4, -0.2) is 19.6 Å². The highest BCUT2D eigenvalue weighted by Crippen LogP contribution is 2.14. The monoisotopic (exact) mass is 210 g/mol. The summed E-state index contributed by atoms with van der Waals surface area (Å²) in [6.07, 6.45) is 0. The Morgan fingerprint density at radius 2 is 1.80 bits per heavy atom. The molecular formula is C12H19FN2. The maximum absolute atomic E-state index is 12.7. The van der Waals surface area contributed by atoms with E-state index >= 15 is 0 Å². The number of halogens is 1. The fourth-order valence-electron chi connectivity index (χ4n) is 1.33. The molecule has 0 aliphatic carbocycles. The summed E-state index contributed by atoms with van der Waals surface area (Å²) < 4.78 is 12.7. The van der Waals surface area contributed by atoms with E-state index in [9.17, 15) is 4.39 Å². The van der Waals surface area contributed by atoms with Crippen LogP contribution in [0.3, 0.4) is 0 Å². The summed E-state index contributed by atoms with van der Waals surface area (Å²) in [5.74, 6) is 0.244. The van der Waals surface area contributed by atoms with Crippen LogP contribution in [-0.2, 0) is 0 Å². The van der Waals surface area contributed by atoms with E-state index in [0.717, 1.165) is 12.2 Å². The molecule has 84 valence electrons. The smallest absolute Gasteiger partial charge is 0.123 e. The van der Waals surface area contributed by atoms with Gasteiger partial charge < -0.3 is 10.6 Å². The van der Waals surface area contributed by atoms with Gasteiger partial charge in [-0.05, 0) is 30.2 Å². The van der Waals surface area contributed by atoms with E-state index in [1.165, 1.54) is 12.1 Å². The summed E-state index contributed by atoms with van der Waals surface area (Å²) >= 11 is 0. The van der Waals surface area contributed by atoms with Gasteiger partial charge in [0.05, 0.1) is 0 Å². The molecule has 0 amide bonds. The van der Waals surface area contributed by atoms with Gasteiger partial charge in [-0.1, -0.05) is 13.8 Å². The van der Waals surface area contributed by atoms with E-state index in [2.05, 4.69) is 13.8 Å². The van der Waals surface area contributed by atoms with Gasteiger partial charge in [0.1, 0.15) is 5.82 Å². The highest BCUT2D eigenvalue weighted by Gasteiger charge is 2.10. The lowest BCUT2D eigenvalue weighted by Crippen LogP contribution is -2.38. The predicted molar refractivity (Wildman–Crippen MR) is 62.5 cm³/mol. The summed E-state index contributed by atoms with van der Waals surface area (Å²) in [7, 11) is 1.97. The van der Waals surface area contributed by atoms with E-state index in [4.69, 9.17) is 5.73 Å². The Labute approximate surface area is 90.9 Å². The van der Waals surface area contributed by atoms with Crippen molar-refractivity contribution >= 4 is 5.69 Å². The van der Waals surface area contributed by atoms with E-state index in [1.54, 1.807) is 12.1 Å². The van der Waals surface area contributed by atoms with Crippen molar-refractivity contribution in [3.05, 3.63) is 30.1 Å². The molecule has 0 spiro atoms. The van der Waals surface area contributed by atoms with Gasteiger partial charge in [-0.15, -0.1) is 0 Å². The van der Waals surface area contributed by atoms with Crippen LogP contribution in [0.4, 0.5) is 10.1 Å². The molecule has 0 radical (unpaired) electrons. The maximum Gasteiger partial charge on any atom is 0.123 e. The van der Waals surface area contributed by atoms with Crippen LogP contribution in [0.5, 0.6) is 0 Å². The molecule has 1 aromatic carbocycles. The van der Waals surface area contributed by atoms with Crippen molar-refractivity contribution in [2.75, 3.05) is 18.5 Å². The molecule has 15 heavy (non-hydrogen) atoms. The van der Waals surface area contributed by atoms with Crippen molar-refractivity contribution in [2.24, 2.45) is 11.7 Å². The van der Waals surface area contributed by atoms with Gasteiger partial charge in [-0.2, -0.15) is 0 Å². The number of nitrogens with zero attached hydrogens (tertiary/aromatic N) is 1. The zero-order valence-corrected chi connectivity index (χ0v) is 9.57. The number of hydrogen-bond donors (Lipinski definition) is 1. The largest absolute Gasteiger partial charge is 0.373 e. The molecule has 0 aromatic heterocycles. The first-order chi connectivity index (χ1) is 7.00. The second kappa shape index (κ2) is 5.12. The third kappa shape index (κ3) is 3.51. The maximum atomic E-state index is 12.7. The van der Waals surface area contributed by atoms with E-state index in [1.807, 2.05) is 11.9 Å². The molecular weight excluding hydrogens is 191 g/mol. The van der Waals surface area contributed by atoms with Crippen molar-refractivity contribution in [3.8, 4) is 0 Å². The summed E-state index contributed by atoms with van der Waals surface area (Å²) in [6.45, 7) is 4.98. The molecule has 2 N–H and O–H groups in total. The summed E-state index contributed by atoms with van der Waals surface area (Å²) in [4.78, 5) is 2.05. The number of likely N-dealkylation sites (N-methyl/N-ethyl adjacent to an activating group) is 1. The first kappa shape index (κ1) is 12.0. The molecule has 0 aliphatic heterocycles. The Kier molecular flexibility index (Phi) is 4.09. The minimum Gasteiger partial charge on any atom is -0.373 e. The lowest BCUT2D eigenvalue weighted by atomic mass is 10.1. The molecule has 0 fully saturated rings. The third-order valence-corrected chi connectivity index (χ3v) is 2.61. The molecule has 3 heteroatoms. The third-order valence-electron chi connectivity index (χ3n) is 2.61. The standard InChI is InChI=1S/C12H19FN2/c1-9(2)12(14)8-15(3)11-6-4-10(13)5-7-11/h4-7,9,12H,8,14H2,1-3H3. The Bertz CT molecular complexity index is 295. The number of anilines is 1. The van der Waals surface area contributed by atoms with Gasteiger partial charge in [0, 0.05) is 25.3 Å². The molecule has 1 unspecified atom stereocenters. The molecule has 0 aliphatic rings. The second-order valence-electron chi connectivity index (χ2n) is 4.26. The number of hydrogen-bond acceptors (Lipinski definition) is 2. The highest BCUT2D eigenvalue weighted by molar-refractivity contribution is 5.45. The Balaban J connectivity index is 2.61. The minimum absolute atomic E-state index is 0.139. The zero-order chi connectivity index (χ0) is 11.4. The average molecular weight is 210 g/mol. The Morgan fingerprint density at radius 3 is 2.27 bits per heavy atom. The molecule has 1 aromatic rings. The van der Waals surface area contributed by atoms with Crippen molar-refractivity contribution < 1.29 is 4.39 Å². The molecule has 0 bridgehead atoms. The molecule has 0 heterocycles. The Morgan fingerprint density at radius 1 is 1.27 bits per heavy atom. The van der Waals surface area contributed by atoms with Gasteiger partial charge >= 0.3 is 0 Å². The molecule has 0 saturated carbocycles. The number of rotatable bonds is 4. The van der Waals surface area contributed by atoms with Crippen LogP contribution in [0.15, 0.2) is 24.3 Å². The van der Waals surface area contributed by atoms with Crippen LogP contribution in [0.1, 0.15) is 13.8 Å². The fourth-order valence-corrected chi connectivity index (χ4v) is 1.33. The van der Waals surface area contributed by atoms with Crippen LogP contribution in [0.2, 0.25) is 0 Å². The van der Waals surface area contributed by atoms with Gasteiger partial charge in [0.15, 0.2) is 0 Å². The summed E-state index contributed by atoms with van der Waals surface area (Å²) in [5.41, 5.74) is 6.96. The topological polar surface area (TPSA) is 29.3 Å². The van der Waals surface area contributed by atoms with Crippen LogP contribution in [0, 0.1) is 11.7 Å². The van der Waals surface area contributed by atoms with Crippen molar-refractivity contribution in [3.63, 3.8) is 0 Å². The SMILES string of the molecule is CC(C)C(N)CN(C)c1ccc(F)cc1. The molecule has 2 nitrogen and oxygen atoms in total. The summed E-state index contributed by atoms with van der Waals surface area (Å²) in [5, 5.41) is 0. The van der Waals surface area contributed by atoms with E-state index in [0.29, 0.717) is 5.92 Å². The highest BCUT2D eigenvalue weighted by atomic mass is 19.1. The van der Waals surface area contributed by atoms with Crippen LogP contribution in [0.25, 0.3) is 0 Å². The molecule has 1 rings (SSSR count). The first-order valence-electron chi connectivity index (χ1n) is 5.23. The van der Waals surface area contributed by atoms with E-state index in [-0.39, 0.29) is 11.9 Å². The quantitative estimate of drug-likeness (QED) is 0.825. The molecule has 0 saturated heterocycles.